The zero-order chi connectivity index (χ0) is 10.5. The number of aromatic nitrogens is 1. The van der Waals surface area contributed by atoms with Crippen molar-refractivity contribution in [3.63, 3.8) is 0 Å². The molecule has 0 spiro atoms. The Morgan fingerprint density at radius 1 is 0.867 bits per heavy atom. The lowest BCUT2D eigenvalue weighted by Crippen LogP contribution is -1.88. The molecule has 1 aromatic heterocycles. The molecular formula is C11H10NO2P. The third kappa shape index (κ3) is 2.67. The maximum atomic E-state index is 5.52. The molecule has 3 nitrogen and oxygen atoms in total. The first kappa shape index (κ1) is 9.94. The molecule has 2 aromatic rings. The molecule has 0 amide bonds. The molecule has 2 rings (SSSR count). The molecule has 4 heteroatoms. The van der Waals surface area contributed by atoms with Crippen molar-refractivity contribution in [2.75, 3.05) is 0 Å². The molecule has 0 aliphatic heterocycles. The second kappa shape index (κ2) is 4.76. The largest absolute Gasteiger partial charge is 0.463 e. The summed E-state index contributed by atoms with van der Waals surface area (Å²) >= 11 is 0. The van der Waals surface area contributed by atoms with Crippen molar-refractivity contribution >= 4 is 9.47 Å². The number of hydrogen-bond donors (Lipinski definition) is 0. The summed E-state index contributed by atoms with van der Waals surface area (Å²) in [6, 6.07) is 14.8. The lowest BCUT2D eigenvalue weighted by atomic mass is 10.3. The first-order valence-corrected chi connectivity index (χ1v) is 4.92. The Bertz CT molecular complexity index is 434. The molecule has 0 fully saturated rings. The first-order chi connectivity index (χ1) is 7.38. The lowest BCUT2D eigenvalue weighted by Gasteiger charge is -2.05. The van der Waals surface area contributed by atoms with Crippen molar-refractivity contribution in [3.8, 4) is 17.5 Å². The van der Waals surface area contributed by atoms with E-state index in [4.69, 9.17) is 9.26 Å². The van der Waals surface area contributed by atoms with Gasteiger partial charge in [-0.15, -0.1) is 0 Å². The van der Waals surface area contributed by atoms with Crippen molar-refractivity contribution in [2.45, 2.75) is 0 Å². The van der Waals surface area contributed by atoms with Gasteiger partial charge in [-0.1, -0.05) is 24.3 Å². The minimum absolute atomic E-state index is 0.508. The molecule has 1 heterocycles. The van der Waals surface area contributed by atoms with Crippen LogP contribution in [-0.2, 0) is 0 Å². The molecule has 0 N–H and O–H groups in total. The van der Waals surface area contributed by atoms with E-state index < -0.39 is 0 Å². The Labute approximate surface area is 90.4 Å². The van der Waals surface area contributed by atoms with Gasteiger partial charge in [0.1, 0.15) is 5.75 Å². The van der Waals surface area contributed by atoms with Gasteiger partial charge in [0.05, 0.1) is 9.47 Å². The number of rotatable bonds is 3. The van der Waals surface area contributed by atoms with Crippen LogP contribution in [0.3, 0.4) is 0 Å². The highest BCUT2D eigenvalue weighted by atomic mass is 31.0. The lowest BCUT2D eigenvalue weighted by molar-refractivity contribution is 0.454. The van der Waals surface area contributed by atoms with E-state index in [9.17, 15) is 0 Å². The molecule has 0 saturated heterocycles. The molecule has 0 aliphatic rings. The molecule has 0 aliphatic carbocycles. The number of para-hydroxylation sites is 1. The molecule has 0 bridgehead atoms. The van der Waals surface area contributed by atoms with Crippen molar-refractivity contribution in [3.05, 3.63) is 48.5 Å². The number of benzene rings is 1. The molecule has 0 radical (unpaired) electrons. The van der Waals surface area contributed by atoms with Crippen LogP contribution in [-0.4, -0.2) is 4.98 Å². The fourth-order valence-corrected chi connectivity index (χ4v) is 1.26. The minimum atomic E-state index is 0.508. The zero-order valence-corrected chi connectivity index (χ0v) is 9.11. The maximum Gasteiger partial charge on any atom is 0.222 e. The Morgan fingerprint density at radius 3 is 2.33 bits per heavy atom. The Morgan fingerprint density at radius 2 is 1.60 bits per heavy atom. The molecule has 0 saturated carbocycles. The normalized spacial score (nSPS) is 9.67. The molecule has 1 unspecified atom stereocenters. The van der Waals surface area contributed by atoms with E-state index >= 15 is 0 Å². The highest BCUT2D eigenvalue weighted by molar-refractivity contribution is 7.10. The van der Waals surface area contributed by atoms with Gasteiger partial charge < -0.3 is 9.26 Å². The van der Waals surface area contributed by atoms with Crippen LogP contribution >= 0.6 is 9.47 Å². The Hall–Kier alpha value is -1.60. The van der Waals surface area contributed by atoms with Crippen LogP contribution in [0.2, 0.25) is 0 Å². The van der Waals surface area contributed by atoms with Gasteiger partial charge in [-0.05, 0) is 12.1 Å². The summed E-state index contributed by atoms with van der Waals surface area (Å²) in [5.74, 6) is 1.78. The van der Waals surface area contributed by atoms with Crippen LogP contribution in [0.4, 0.5) is 0 Å². The van der Waals surface area contributed by atoms with Crippen LogP contribution in [0, 0.1) is 0 Å². The summed E-state index contributed by atoms with van der Waals surface area (Å²) in [7, 11) is 2.15. The van der Waals surface area contributed by atoms with Crippen LogP contribution in [0.5, 0.6) is 17.5 Å². The van der Waals surface area contributed by atoms with E-state index in [1.807, 2.05) is 36.4 Å². The summed E-state index contributed by atoms with van der Waals surface area (Å²) in [6.07, 6.45) is 0. The van der Waals surface area contributed by atoms with Gasteiger partial charge in [0.25, 0.3) is 0 Å². The van der Waals surface area contributed by atoms with Gasteiger partial charge in [0.15, 0.2) is 0 Å². The second-order valence-corrected chi connectivity index (χ2v) is 3.08. The van der Waals surface area contributed by atoms with E-state index in [2.05, 4.69) is 14.5 Å². The summed E-state index contributed by atoms with van der Waals surface area (Å²) in [4.78, 5) is 4.12. The summed E-state index contributed by atoms with van der Waals surface area (Å²) in [5, 5.41) is 0. The number of nitrogens with zero attached hydrogens (tertiary/aromatic N) is 1. The highest BCUT2D eigenvalue weighted by Gasteiger charge is 1.99. The molecular weight excluding hydrogens is 209 g/mol. The fraction of sp³-hybridized carbons (Fsp3) is 0. The third-order valence-electron chi connectivity index (χ3n) is 1.78. The van der Waals surface area contributed by atoms with Crippen LogP contribution in [0.25, 0.3) is 0 Å². The van der Waals surface area contributed by atoms with E-state index in [0.29, 0.717) is 11.8 Å². The second-order valence-electron chi connectivity index (χ2n) is 2.85. The van der Waals surface area contributed by atoms with Gasteiger partial charge in [0.2, 0.25) is 11.8 Å². The molecule has 15 heavy (non-hydrogen) atoms. The number of ether oxygens (including phenoxy) is 1. The van der Waals surface area contributed by atoms with Crippen molar-refractivity contribution in [2.24, 2.45) is 0 Å². The fourth-order valence-electron chi connectivity index (χ4n) is 1.13. The zero-order valence-electron chi connectivity index (χ0n) is 7.96. The van der Waals surface area contributed by atoms with Crippen molar-refractivity contribution in [1.82, 2.24) is 4.98 Å². The Balaban J connectivity index is 2.17. The maximum absolute atomic E-state index is 5.52. The average molecular weight is 219 g/mol. The van der Waals surface area contributed by atoms with Gasteiger partial charge in [-0.25, -0.2) is 0 Å². The van der Waals surface area contributed by atoms with E-state index in [0.717, 1.165) is 5.75 Å². The predicted octanol–water partition coefficient (Wildman–Crippen LogP) is 3.04. The predicted molar refractivity (Wildman–Crippen MR) is 61.1 cm³/mol. The highest BCUT2D eigenvalue weighted by Crippen LogP contribution is 2.21. The molecule has 76 valence electrons. The third-order valence-corrected chi connectivity index (χ3v) is 2.03. The number of pyridine rings is 1. The van der Waals surface area contributed by atoms with Gasteiger partial charge >= 0.3 is 0 Å². The van der Waals surface area contributed by atoms with Gasteiger partial charge in [-0.2, -0.15) is 4.98 Å². The topological polar surface area (TPSA) is 31.4 Å². The van der Waals surface area contributed by atoms with Crippen molar-refractivity contribution < 1.29 is 9.26 Å². The number of hydrogen-bond acceptors (Lipinski definition) is 3. The first-order valence-electron chi connectivity index (χ1n) is 4.45. The van der Waals surface area contributed by atoms with Crippen LogP contribution in [0.1, 0.15) is 0 Å². The summed E-state index contributed by atoms with van der Waals surface area (Å²) in [6.45, 7) is 0. The van der Waals surface area contributed by atoms with Crippen molar-refractivity contribution in [1.29, 1.82) is 0 Å². The quantitative estimate of drug-likeness (QED) is 0.743. The monoisotopic (exact) mass is 219 g/mol. The van der Waals surface area contributed by atoms with Crippen LogP contribution < -0.4 is 9.26 Å². The van der Waals surface area contributed by atoms with Crippen LogP contribution in [0.15, 0.2) is 48.5 Å². The minimum Gasteiger partial charge on any atom is -0.463 e. The van der Waals surface area contributed by atoms with E-state index in [1.54, 1.807) is 12.1 Å². The Kier molecular flexibility index (Phi) is 3.15. The average Bonchev–Trinajstić information content (AvgIpc) is 2.31. The smallest absolute Gasteiger partial charge is 0.222 e. The molecule has 1 atom stereocenters. The van der Waals surface area contributed by atoms with Gasteiger partial charge in [0, 0.05) is 12.1 Å². The van der Waals surface area contributed by atoms with Gasteiger partial charge in [-0.3, -0.25) is 0 Å². The summed E-state index contributed by atoms with van der Waals surface area (Å²) < 4.78 is 10.4. The summed E-state index contributed by atoms with van der Waals surface area (Å²) in [5.41, 5.74) is 0. The van der Waals surface area contributed by atoms with E-state index in [-0.39, 0.29) is 0 Å². The standard InChI is InChI=1S/C11H10NO2P/c15-14-11-8-4-7-10(12-11)13-9-5-2-1-3-6-9/h1-8H,15H2. The SMILES string of the molecule is POc1cccc(Oc2ccccc2)n1. The van der Waals surface area contributed by atoms with E-state index in [1.165, 1.54) is 0 Å². The molecule has 1 aromatic carbocycles.